The largest absolute Gasteiger partial charge is 0.468 e. The number of esters is 1. The second-order valence-electron chi connectivity index (χ2n) is 6.00. The van der Waals surface area contributed by atoms with Crippen molar-refractivity contribution in [2.45, 2.75) is 57.9 Å². The minimum absolute atomic E-state index is 0.179. The van der Waals surface area contributed by atoms with Crippen molar-refractivity contribution in [2.24, 2.45) is 0 Å². The first kappa shape index (κ1) is 21.5. The Bertz CT molecular complexity index is 381. The average molecular weight is 342 g/mol. The van der Waals surface area contributed by atoms with E-state index in [4.69, 9.17) is 4.74 Å². The quantitative estimate of drug-likeness (QED) is 0.523. The fourth-order valence-electron chi connectivity index (χ4n) is 1.66. The standard InChI is InChI=1S/C14H25F3N2O4/c1-13(2,3)23-12(21)18-8-6-5-7-10(11(20)22-4)19-9-14(15,16)17/h10,19H,5-9H2,1-4H3,(H,18,21)/t10-/m0/s1. The Labute approximate surface area is 134 Å². The highest BCUT2D eigenvalue weighted by molar-refractivity contribution is 5.75. The molecule has 0 aliphatic heterocycles. The number of amides is 1. The minimum atomic E-state index is -4.40. The lowest BCUT2D eigenvalue weighted by atomic mass is 10.1. The number of alkyl halides is 3. The summed E-state index contributed by atoms with van der Waals surface area (Å²) >= 11 is 0. The van der Waals surface area contributed by atoms with Gasteiger partial charge in [0, 0.05) is 6.54 Å². The molecule has 0 saturated heterocycles. The van der Waals surface area contributed by atoms with E-state index >= 15 is 0 Å². The molecular formula is C14H25F3N2O4. The molecule has 0 rings (SSSR count). The van der Waals surface area contributed by atoms with Crippen LogP contribution in [0.1, 0.15) is 40.0 Å². The van der Waals surface area contributed by atoms with Gasteiger partial charge in [0.05, 0.1) is 13.7 Å². The van der Waals surface area contributed by atoms with E-state index in [9.17, 15) is 22.8 Å². The average Bonchev–Trinajstić information content (AvgIpc) is 2.37. The van der Waals surface area contributed by atoms with Crippen LogP contribution in [0.5, 0.6) is 0 Å². The maximum Gasteiger partial charge on any atom is 0.407 e. The second kappa shape index (κ2) is 9.59. The predicted molar refractivity (Wildman–Crippen MR) is 77.9 cm³/mol. The lowest BCUT2D eigenvalue weighted by molar-refractivity contribution is -0.146. The van der Waals surface area contributed by atoms with E-state index in [-0.39, 0.29) is 6.42 Å². The van der Waals surface area contributed by atoms with Crippen molar-refractivity contribution in [3.8, 4) is 0 Å². The number of methoxy groups -OCH3 is 1. The molecule has 1 amide bonds. The van der Waals surface area contributed by atoms with Crippen LogP contribution < -0.4 is 10.6 Å². The van der Waals surface area contributed by atoms with Gasteiger partial charge in [-0.2, -0.15) is 13.2 Å². The molecule has 0 radical (unpaired) electrons. The Balaban J connectivity index is 4.04. The summed E-state index contributed by atoms with van der Waals surface area (Å²) in [5.41, 5.74) is -0.596. The number of alkyl carbamates (subject to hydrolysis) is 1. The van der Waals surface area contributed by atoms with Crippen LogP contribution in [0.15, 0.2) is 0 Å². The van der Waals surface area contributed by atoms with Crippen LogP contribution in [0.2, 0.25) is 0 Å². The van der Waals surface area contributed by atoms with Crippen molar-refractivity contribution in [3.63, 3.8) is 0 Å². The molecule has 0 aliphatic rings. The summed E-state index contributed by atoms with van der Waals surface area (Å²) in [5.74, 6) is -0.741. The Morgan fingerprint density at radius 1 is 1.13 bits per heavy atom. The Morgan fingerprint density at radius 3 is 2.22 bits per heavy atom. The lowest BCUT2D eigenvalue weighted by Crippen LogP contribution is -2.42. The zero-order valence-electron chi connectivity index (χ0n) is 13.9. The molecule has 23 heavy (non-hydrogen) atoms. The summed E-state index contributed by atoms with van der Waals surface area (Å²) in [6, 6.07) is -1.02. The van der Waals surface area contributed by atoms with Crippen molar-refractivity contribution in [1.82, 2.24) is 10.6 Å². The number of hydrogen-bond donors (Lipinski definition) is 2. The Morgan fingerprint density at radius 2 is 1.74 bits per heavy atom. The summed E-state index contributed by atoms with van der Waals surface area (Å²) in [6.07, 6.45) is -3.83. The van der Waals surface area contributed by atoms with Gasteiger partial charge in [-0.15, -0.1) is 0 Å². The topological polar surface area (TPSA) is 76.7 Å². The zero-order valence-corrected chi connectivity index (χ0v) is 13.9. The van der Waals surface area contributed by atoms with Gasteiger partial charge in [-0.3, -0.25) is 10.1 Å². The summed E-state index contributed by atoms with van der Waals surface area (Å²) in [7, 11) is 1.12. The third-order valence-corrected chi connectivity index (χ3v) is 2.62. The summed E-state index contributed by atoms with van der Waals surface area (Å²) in [5, 5.41) is 4.66. The molecule has 0 unspecified atom stereocenters. The van der Waals surface area contributed by atoms with E-state index in [1.807, 2.05) is 0 Å². The molecule has 0 bridgehead atoms. The van der Waals surface area contributed by atoms with E-state index in [0.29, 0.717) is 19.4 Å². The second-order valence-corrected chi connectivity index (χ2v) is 6.00. The van der Waals surface area contributed by atoms with Crippen LogP contribution in [-0.4, -0.2) is 50.1 Å². The Kier molecular flexibility index (Phi) is 8.96. The molecule has 1 atom stereocenters. The van der Waals surface area contributed by atoms with Gasteiger partial charge in [0.2, 0.25) is 0 Å². The fraction of sp³-hybridized carbons (Fsp3) is 0.857. The van der Waals surface area contributed by atoms with E-state index in [1.165, 1.54) is 0 Å². The zero-order chi connectivity index (χ0) is 18.1. The van der Waals surface area contributed by atoms with E-state index in [0.717, 1.165) is 7.11 Å². The molecule has 0 saturated carbocycles. The molecule has 0 spiro atoms. The molecule has 2 N–H and O–H groups in total. The molecule has 0 aromatic heterocycles. The predicted octanol–water partition coefficient (Wildman–Crippen LogP) is 2.37. The van der Waals surface area contributed by atoms with Crippen molar-refractivity contribution >= 4 is 12.1 Å². The van der Waals surface area contributed by atoms with Crippen molar-refractivity contribution in [1.29, 1.82) is 0 Å². The van der Waals surface area contributed by atoms with Crippen LogP contribution >= 0.6 is 0 Å². The van der Waals surface area contributed by atoms with Gasteiger partial charge >= 0.3 is 18.2 Å². The molecule has 136 valence electrons. The molecule has 0 fully saturated rings. The molecule has 0 heterocycles. The van der Waals surface area contributed by atoms with Gasteiger partial charge in [-0.25, -0.2) is 4.79 Å². The first-order chi connectivity index (χ1) is 10.4. The minimum Gasteiger partial charge on any atom is -0.468 e. The van der Waals surface area contributed by atoms with Gasteiger partial charge in [0.15, 0.2) is 0 Å². The van der Waals surface area contributed by atoms with Crippen LogP contribution in [0.3, 0.4) is 0 Å². The van der Waals surface area contributed by atoms with Crippen molar-refractivity contribution in [2.75, 3.05) is 20.2 Å². The third-order valence-electron chi connectivity index (χ3n) is 2.62. The van der Waals surface area contributed by atoms with Crippen molar-refractivity contribution < 1.29 is 32.2 Å². The first-order valence-electron chi connectivity index (χ1n) is 7.29. The maximum atomic E-state index is 12.2. The van der Waals surface area contributed by atoms with Crippen molar-refractivity contribution in [3.05, 3.63) is 0 Å². The SMILES string of the molecule is COC(=O)[C@H](CCCCNC(=O)OC(C)(C)C)NCC(F)(F)F. The fourth-order valence-corrected chi connectivity index (χ4v) is 1.66. The summed E-state index contributed by atoms with van der Waals surface area (Å²) in [6.45, 7) is 4.25. The highest BCUT2D eigenvalue weighted by Crippen LogP contribution is 2.14. The van der Waals surface area contributed by atoms with Gasteiger partial charge in [0.1, 0.15) is 11.6 Å². The smallest absolute Gasteiger partial charge is 0.407 e. The summed E-state index contributed by atoms with van der Waals surface area (Å²) in [4.78, 5) is 22.8. The van der Waals surface area contributed by atoms with Gasteiger partial charge in [-0.1, -0.05) is 0 Å². The number of rotatable bonds is 8. The van der Waals surface area contributed by atoms with E-state index in [1.54, 1.807) is 20.8 Å². The number of halogens is 3. The monoisotopic (exact) mass is 342 g/mol. The molecule has 0 aromatic carbocycles. The highest BCUT2D eigenvalue weighted by Gasteiger charge is 2.30. The third kappa shape index (κ3) is 12.7. The summed E-state index contributed by atoms with van der Waals surface area (Å²) < 4.78 is 46.0. The normalized spacial score (nSPS) is 13.3. The highest BCUT2D eigenvalue weighted by atomic mass is 19.4. The van der Waals surface area contributed by atoms with Crippen LogP contribution in [0, 0.1) is 0 Å². The molecule has 9 heteroatoms. The van der Waals surface area contributed by atoms with Crippen LogP contribution in [0.25, 0.3) is 0 Å². The molecule has 0 aliphatic carbocycles. The van der Waals surface area contributed by atoms with Gasteiger partial charge in [-0.05, 0) is 40.0 Å². The number of unbranched alkanes of at least 4 members (excludes halogenated alkanes) is 1. The van der Waals surface area contributed by atoms with Gasteiger partial charge < -0.3 is 14.8 Å². The molecular weight excluding hydrogens is 317 g/mol. The van der Waals surface area contributed by atoms with E-state index in [2.05, 4.69) is 15.4 Å². The number of hydrogen-bond acceptors (Lipinski definition) is 5. The first-order valence-corrected chi connectivity index (χ1v) is 7.29. The molecule has 0 aromatic rings. The maximum absolute atomic E-state index is 12.2. The Hall–Kier alpha value is -1.51. The molecule has 6 nitrogen and oxygen atoms in total. The van der Waals surface area contributed by atoms with E-state index < -0.39 is 36.4 Å². The lowest BCUT2D eigenvalue weighted by Gasteiger charge is -2.20. The van der Waals surface area contributed by atoms with Crippen LogP contribution in [0.4, 0.5) is 18.0 Å². The van der Waals surface area contributed by atoms with Gasteiger partial charge in [0.25, 0.3) is 0 Å². The number of carbonyl (C=O) groups excluding carboxylic acids is 2. The number of carbonyl (C=O) groups is 2. The number of nitrogens with one attached hydrogen (secondary N) is 2. The van der Waals surface area contributed by atoms with Crippen LogP contribution in [-0.2, 0) is 14.3 Å². The number of ether oxygens (including phenoxy) is 2.